The highest BCUT2D eigenvalue weighted by Crippen LogP contribution is 2.48. The first kappa shape index (κ1) is 12.4. The number of rotatable bonds is 5. The summed E-state index contributed by atoms with van der Waals surface area (Å²) in [6, 6.07) is 0.609. The van der Waals surface area contributed by atoms with Crippen LogP contribution in [-0.4, -0.2) is 24.3 Å². The van der Waals surface area contributed by atoms with Gasteiger partial charge in [0.15, 0.2) is 0 Å². The molecular formula is C14H27NO. The molecule has 2 N–H and O–H groups in total. The molecule has 0 bridgehead atoms. The Labute approximate surface area is 99.8 Å². The van der Waals surface area contributed by atoms with Crippen molar-refractivity contribution in [2.75, 3.05) is 13.2 Å². The quantitative estimate of drug-likeness (QED) is 0.754. The second-order valence-corrected chi connectivity index (χ2v) is 6.48. The Balaban J connectivity index is 1.82. The summed E-state index contributed by atoms with van der Waals surface area (Å²) in [7, 11) is 0. The smallest absolute Gasteiger partial charge is 0.0499 e. The van der Waals surface area contributed by atoms with Crippen molar-refractivity contribution < 1.29 is 5.11 Å². The minimum Gasteiger partial charge on any atom is -0.396 e. The summed E-state index contributed by atoms with van der Waals surface area (Å²) >= 11 is 0. The van der Waals surface area contributed by atoms with Crippen molar-refractivity contribution in [3.63, 3.8) is 0 Å². The van der Waals surface area contributed by atoms with Gasteiger partial charge in [0.2, 0.25) is 0 Å². The van der Waals surface area contributed by atoms with Gasteiger partial charge in [-0.1, -0.05) is 26.2 Å². The van der Waals surface area contributed by atoms with Crippen LogP contribution in [0.2, 0.25) is 0 Å². The monoisotopic (exact) mass is 225 g/mol. The Morgan fingerprint density at radius 2 is 1.75 bits per heavy atom. The minimum absolute atomic E-state index is 0.192. The van der Waals surface area contributed by atoms with E-state index in [0.717, 1.165) is 6.54 Å². The van der Waals surface area contributed by atoms with Gasteiger partial charge in [-0.3, -0.25) is 0 Å². The van der Waals surface area contributed by atoms with Gasteiger partial charge in [0.05, 0.1) is 0 Å². The summed E-state index contributed by atoms with van der Waals surface area (Å²) in [4.78, 5) is 0. The number of aliphatic hydroxyl groups is 1. The fraction of sp³-hybridized carbons (Fsp3) is 1.00. The van der Waals surface area contributed by atoms with E-state index in [2.05, 4.69) is 19.2 Å². The van der Waals surface area contributed by atoms with Crippen LogP contribution >= 0.6 is 0 Å². The third-order valence-electron chi connectivity index (χ3n) is 5.12. The van der Waals surface area contributed by atoms with Crippen molar-refractivity contribution in [3.05, 3.63) is 0 Å². The van der Waals surface area contributed by atoms with Crippen molar-refractivity contribution in [3.8, 4) is 0 Å². The number of hydrogen-bond acceptors (Lipinski definition) is 2. The van der Waals surface area contributed by atoms with E-state index in [-0.39, 0.29) is 5.41 Å². The van der Waals surface area contributed by atoms with E-state index in [4.69, 9.17) is 0 Å². The van der Waals surface area contributed by atoms with Crippen molar-refractivity contribution in [1.29, 1.82) is 0 Å². The van der Waals surface area contributed by atoms with E-state index in [1.54, 1.807) is 0 Å². The SMILES string of the molecule is CC(NCC1(CO)CCCCC1)C1(C)CC1. The largest absolute Gasteiger partial charge is 0.396 e. The molecule has 2 saturated carbocycles. The van der Waals surface area contributed by atoms with Crippen LogP contribution in [0.15, 0.2) is 0 Å². The lowest BCUT2D eigenvalue weighted by atomic mass is 9.74. The summed E-state index contributed by atoms with van der Waals surface area (Å²) in [6.45, 7) is 6.06. The van der Waals surface area contributed by atoms with E-state index in [1.807, 2.05) is 0 Å². The zero-order chi connectivity index (χ0) is 11.6. The molecule has 1 unspecified atom stereocenters. The summed E-state index contributed by atoms with van der Waals surface area (Å²) in [6.07, 6.45) is 9.11. The van der Waals surface area contributed by atoms with Crippen LogP contribution in [0.4, 0.5) is 0 Å². The molecule has 2 fully saturated rings. The van der Waals surface area contributed by atoms with Crippen molar-refractivity contribution in [1.82, 2.24) is 5.32 Å². The molecule has 0 aliphatic heterocycles. The lowest BCUT2D eigenvalue weighted by molar-refractivity contribution is 0.0761. The Hall–Kier alpha value is -0.0800. The molecule has 2 aliphatic carbocycles. The van der Waals surface area contributed by atoms with Crippen molar-refractivity contribution in [2.24, 2.45) is 10.8 Å². The minimum atomic E-state index is 0.192. The first-order valence-corrected chi connectivity index (χ1v) is 6.95. The molecule has 2 aliphatic rings. The Bertz CT molecular complexity index is 229. The summed E-state index contributed by atoms with van der Waals surface area (Å²) in [5.74, 6) is 0. The molecule has 0 aromatic carbocycles. The maximum atomic E-state index is 9.63. The van der Waals surface area contributed by atoms with Crippen LogP contribution in [0.25, 0.3) is 0 Å². The van der Waals surface area contributed by atoms with Gasteiger partial charge in [0, 0.05) is 24.6 Å². The van der Waals surface area contributed by atoms with E-state index in [9.17, 15) is 5.11 Å². The maximum absolute atomic E-state index is 9.63. The predicted molar refractivity (Wildman–Crippen MR) is 67.4 cm³/mol. The van der Waals surface area contributed by atoms with Gasteiger partial charge in [0.25, 0.3) is 0 Å². The standard InChI is InChI=1S/C14H27NO/c1-12(13(2)8-9-13)15-10-14(11-16)6-4-3-5-7-14/h12,15-16H,3-11H2,1-2H3. The third kappa shape index (κ3) is 2.60. The average molecular weight is 225 g/mol. The lowest BCUT2D eigenvalue weighted by Crippen LogP contribution is -2.44. The third-order valence-corrected chi connectivity index (χ3v) is 5.12. The van der Waals surface area contributed by atoms with E-state index in [0.29, 0.717) is 18.1 Å². The molecule has 16 heavy (non-hydrogen) atoms. The van der Waals surface area contributed by atoms with Gasteiger partial charge in [-0.2, -0.15) is 0 Å². The Kier molecular flexibility index (Phi) is 3.60. The van der Waals surface area contributed by atoms with Crippen molar-refractivity contribution >= 4 is 0 Å². The Morgan fingerprint density at radius 3 is 2.25 bits per heavy atom. The number of aliphatic hydroxyl groups excluding tert-OH is 1. The summed E-state index contributed by atoms with van der Waals surface area (Å²) in [5.41, 5.74) is 0.739. The predicted octanol–water partition coefficient (Wildman–Crippen LogP) is 2.71. The van der Waals surface area contributed by atoms with Gasteiger partial charge in [-0.05, 0) is 38.0 Å². The average Bonchev–Trinajstić information content (AvgIpc) is 3.07. The second kappa shape index (κ2) is 4.66. The van der Waals surface area contributed by atoms with Crippen LogP contribution in [0.3, 0.4) is 0 Å². The molecule has 0 aromatic heterocycles. The highest BCUT2D eigenvalue weighted by molar-refractivity contribution is 4.97. The highest BCUT2D eigenvalue weighted by atomic mass is 16.3. The molecule has 2 rings (SSSR count). The van der Waals surface area contributed by atoms with Gasteiger partial charge in [-0.25, -0.2) is 0 Å². The van der Waals surface area contributed by atoms with Crippen molar-refractivity contribution in [2.45, 2.75) is 64.8 Å². The second-order valence-electron chi connectivity index (χ2n) is 6.48. The van der Waals surface area contributed by atoms with Gasteiger partial charge in [-0.15, -0.1) is 0 Å². The van der Waals surface area contributed by atoms with Crippen LogP contribution in [-0.2, 0) is 0 Å². The maximum Gasteiger partial charge on any atom is 0.0499 e. The molecule has 1 atom stereocenters. The fourth-order valence-corrected chi connectivity index (χ4v) is 2.94. The first-order chi connectivity index (χ1) is 7.60. The molecule has 2 nitrogen and oxygen atoms in total. The molecule has 0 amide bonds. The molecule has 0 radical (unpaired) electrons. The topological polar surface area (TPSA) is 32.3 Å². The first-order valence-electron chi connectivity index (χ1n) is 6.95. The van der Waals surface area contributed by atoms with Crippen LogP contribution in [0.5, 0.6) is 0 Å². The van der Waals surface area contributed by atoms with E-state index in [1.165, 1.54) is 44.9 Å². The van der Waals surface area contributed by atoms with Crippen LogP contribution in [0.1, 0.15) is 58.8 Å². The molecule has 0 heterocycles. The molecule has 94 valence electrons. The van der Waals surface area contributed by atoms with Gasteiger partial charge < -0.3 is 10.4 Å². The molecular weight excluding hydrogens is 198 g/mol. The summed E-state index contributed by atoms with van der Waals surface area (Å²) < 4.78 is 0. The number of hydrogen-bond donors (Lipinski definition) is 2. The van der Waals surface area contributed by atoms with Gasteiger partial charge >= 0.3 is 0 Å². The zero-order valence-electron chi connectivity index (χ0n) is 10.9. The summed E-state index contributed by atoms with van der Waals surface area (Å²) in [5, 5.41) is 13.3. The lowest BCUT2D eigenvalue weighted by Gasteiger charge is -2.37. The highest BCUT2D eigenvalue weighted by Gasteiger charge is 2.43. The van der Waals surface area contributed by atoms with E-state index >= 15 is 0 Å². The molecule has 0 saturated heterocycles. The molecule has 0 aromatic rings. The normalized spacial score (nSPS) is 28.7. The van der Waals surface area contributed by atoms with E-state index < -0.39 is 0 Å². The zero-order valence-corrected chi connectivity index (χ0v) is 10.9. The fourth-order valence-electron chi connectivity index (χ4n) is 2.94. The molecule has 0 spiro atoms. The Morgan fingerprint density at radius 1 is 1.12 bits per heavy atom. The van der Waals surface area contributed by atoms with Gasteiger partial charge in [0.1, 0.15) is 0 Å². The van der Waals surface area contributed by atoms with Crippen LogP contribution < -0.4 is 5.32 Å². The number of nitrogens with one attached hydrogen (secondary N) is 1. The van der Waals surface area contributed by atoms with Crippen LogP contribution in [0, 0.1) is 10.8 Å². The molecule has 2 heteroatoms.